The van der Waals surface area contributed by atoms with E-state index in [1.165, 1.54) is 4.90 Å². The molecule has 0 fully saturated rings. The van der Waals surface area contributed by atoms with Gasteiger partial charge in [-0.1, -0.05) is 12.1 Å². The van der Waals surface area contributed by atoms with Crippen LogP contribution in [0.3, 0.4) is 0 Å². The van der Waals surface area contributed by atoms with Gasteiger partial charge >= 0.3 is 0 Å². The molecular weight excluding hydrogens is 272 g/mol. The van der Waals surface area contributed by atoms with Crippen molar-refractivity contribution in [1.82, 2.24) is 9.55 Å². The highest BCUT2D eigenvalue weighted by Gasteiger charge is 2.08. The van der Waals surface area contributed by atoms with Crippen LogP contribution in [0.2, 0.25) is 0 Å². The summed E-state index contributed by atoms with van der Waals surface area (Å²) in [7, 11) is 5.31. The highest BCUT2D eigenvalue weighted by atomic mass is 32.2. The van der Waals surface area contributed by atoms with Gasteiger partial charge in [0.05, 0.1) is 0 Å². The molecular formula is C15H20N2O2S. The zero-order valence-electron chi connectivity index (χ0n) is 12.1. The van der Waals surface area contributed by atoms with E-state index in [2.05, 4.69) is 21.7 Å². The third kappa shape index (κ3) is 3.85. The maximum Gasteiger partial charge on any atom is 0.183 e. The summed E-state index contributed by atoms with van der Waals surface area (Å²) < 4.78 is 12.5. The van der Waals surface area contributed by atoms with Crippen molar-refractivity contribution in [3.63, 3.8) is 0 Å². The Morgan fingerprint density at radius 3 is 2.45 bits per heavy atom. The Morgan fingerprint density at radius 2 is 1.90 bits per heavy atom. The van der Waals surface area contributed by atoms with Crippen molar-refractivity contribution >= 4 is 11.8 Å². The molecule has 0 aliphatic heterocycles. The number of hydrogen-bond acceptors (Lipinski definition) is 4. The number of aromatic nitrogens is 2. The first kappa shape index (κ1) is 15.1. The van der Waals surface area contributed by atoms with Crippen LogP contribution in [0.5, 0.6) is 0 Å². The SMILES string of the molecule is COC(OC)c1ccc(SCCc2nccn2C)cc1. The lowest BCUT2D eigenvalue weighted by molar-refractivity contribution is -0.106. The number of thioether (sulfide) groups is 1. The average Bonchev–Trinajstić information content (AvgIpc) is 2.87. The van der Waals surface area contributed by atoms with Crippen molar-refractivity contribution in [1.29, 1.82) is 0 Å². The first-order chi connectivity index (χ1) is 9.74. The smallest absolute Gasteiger partial charge is 0.183 e. The van der Waals surface area contributed by atoms with Gasteiger partial charge in [0.2, 0.25) is 0 Å². The van der Waals surface area contributed by atoms with Gasteiger partial charge in [-0.3, -0.25) is 0 Å². The minimum absolute atomic E-state index is 0.290. The largest absolute Gasteiger partial charge is 0.352 e. The Hall–Kier alpha value is -1.30. The molecule has 0 saturated carbocycles. The van der Waals surface area contributed by atoms with Crippen LogP contribution in [-0.4, -0.2) is 29.5 Å². The highest BCUT2D eigenvalue weighted by molar-refractivity contribution is 7.99. The van der Waals surface area contributed by atoms with Gasteiger partial charge in [0.15, 0.2) is 6.29 Å². The summed E-state index contributed by atoms with van der Waals surface area (Å²) >= 11 is 1.83. The molecule has 2 rings (SSSR count). The molecule has 5 heteroatoms. The van der Waals surface area contributed by atoms with E-state index in [0.29, 0.717) is 0 Å². The fraction of sp³-hybridized carbons (Fsp3) is 0.400. The number of aryl methyl sites for hydroxylation is 2. The Balaban J connectivity index is 1.86. The van der Waals surface area contributed by atoms with Crippen molar-refractivity contribution in [2.75, 3.05) is 20.0 Å². The monoisotopic (exact) mass is 292 g/mol. The van der Waals surface area contributed by atoms with Gasteiger partial charge in [0.25, 0.3) is 0 Å². The first-order valence-corrected chi connectivity index (χ1v) is 7.47. The van der Waals surface area contributed by atoms with Crippen molar-refractivity contribution in [2.45, 2.75) is 17.6 Å². The van der Waals surface area contributed by atoms with Crippen LogP contribution >= 0.6 is 11.8 Å². The zero-order valence-corrected chi connectivity index (χ0v) is 12.9. The molecule has 0 unspecified atom stereocenters. The van der Waals surface area contributed by atoms with Crippen molar-refractivity contribution in [3.05, 3.63) is 48.0 Å². The Kier molecular flexibility index (Phi) is 5.64. The predicted octanol–water partition coefficient (Wildman–Crippen LogP) is 3.05. The number of ether oxygens (including phenoxy) is 2. The van der Waals surface area contributed by atoms with Gasteiger partial charge in [-0.15, -0.1) is 11.8 Å². The minimum atomic E-state index is -0.290. The number of rotatable bonds is 7. The van der Waals surface area contributed by atoms with Gasteiger partial charge < -0.3 is 14.0 Å². The van der Waals surface area contributed by atoms with Gasteiger partial charge in [0, 0.05) is 56.3 Å². The molecule has 0 N–H and O–H groups in total. The minimum Gasteiger partial charge on any atom is -0.352 e. The van der Waals surface area contributed by atoms with E-state index in [0.717, 1.165) is 23.6 Å². The summed E-state index contributed by atoms with van der Waals surface area (Å²) in [6.45, 7) is 0. The van der Waals surface area contributed by atoms with E-state index in [9.17, 15) is 0 Å². The summed E-state index contributed by atoms with van der Waals surface area (Å²) in [5.74, 6) is 2.13. The first-order valence-electron chi connectivity index (χ1n) is 6.49. The van der Waals surface area contributed by atoms with Crippen LogP contribution in [0.25, 0.3) is 0 Å². The molecule has 0 bridgehead atoms. The van der Waals surface area contributed by atoms with Gasteiger partial charge in [-0.05, 0) is 12.1 Å². The van der Waals surface area contributed by atoms with E-state index in [-0.39, 0.29) is 6.29 Å². The number of hydrogen-bond donors (Lipinski definition) is 0. The van der Waals surface area contributed by atoms with Crippen LogP contribution in [0.4, 0.5) is 0 Å². The van der Waals surface area contributed by atoms with E-state index >= 15 is 0 Å². The van der Waals surface area contributed by atoms with Crippen LogP contribution in [0.1, 0.15) is 17.7 Å². The lowest BCUT2D eigenvalue weighted by Gasteiger charge is -2.13. The molecule has 0 amide bonds. The second kappa shape index (κ2) is 7.47. The molecule has 0 radical (unpaired) electrons. The fourth-order valence-corrected chi connectivity index (χ4v) is 2.84. The van der Waals surface area contributed by atoms with Gasteiger partial charge in [-0.25, -0.2) is 4.98 Å². The molecule has 0 aliphatic rings. The molecule has 2 aromatic rings. The molecule has 1 aromatic carbocycles. The van der Waals surface area contributed by atoms with Gasteiger partial charge in [-0.2, -0.15) is 0 Å². The molecule has 4 nitrogen and oxygen atoms in total. The van der Waals surface area contributed by atoms with Crippen LogP contribution < -0.4 is 0 Å². The van der Waals surface area contributed by atoms with E-state index in [1.54, 1.807) is 14.2 Å². The predicted molar refractivity (Wildman–Crippen MR) is 80.8 cm³/mol. The summed E-state index contributed by atoms with van der Waals surface area (Å²) in [5, 5.41) is 0. The maximum atomic E-state index is 5.23. The Morgan fingerprint density at radius 1 is 1.20 bits per heavy atom. The van der Waals surface area contributed by atoms with E-state index in [1.807, 2.05) is 43.3 Å². The second-order valence-electron chi connectivity index (χ2n) is 4.43. The lowest BCUT2D eigenvalue weighted by atomic mass is 10.2. The summed E-state index contributed by atoms with van der Waals surface area (Å²) in [4.78, 5) is 5.57. The van der Waals surface area contributed by atoms with Crippen LogP contribution in [0.15, 0.2) is 41.6 Å². The van der Waals surface area contributed by atoms with Crippen LogP contribution in [0, 0.1) is 0 Å². The number of benzene rings is 1. The Bertz CT molecular complexity index is 521. The molecule has 0 atom stereocenters. The zero-order chi connectivity index (χ0) is 14.4. The maximum absolute atomic E-state index is 5.23. The molecule has 0 spiro atoms. The normalized spacial score (nSPS) is 11.2. The Labute approximate surface area is 124 Å². The summed E-state index contributed by atoms with van der Waals surface area (Å²) in [6, 6.07) is 8.29. The fourth-order valence-electron chi connectivity index (χ4n) is 1.99. The topological polar surface area (TPSA) is 36.3 Å². The molecule has 1 heterocycles. The summed E-state index contributed by atoms with van der Waals surface area (Å²) in [6.07, 6.45) is 4.49. The number of imidazole rings is 1. The third-order valence-electron chi connectivity index (χ3n) is 3.10. The molecule has 20 heavy (non-hydrogen) atoms. The quantitative estimate of drug-likeness (QED) is 0.580. The summed E-state index contributed by atoms with van der Waals surface area (Å²) in [5.41, 5.74) is 1.03. The number of nitrogens with zero attached hydrogens (tertiary/aromatic N) is 2. The lowest BCUT2D eigenvalue weighted by Crippen LogP contribution is -2.03. The second-order valence-corrected chi connectivity index (χ2v) is 5.59. The molecule has 108 valence electrons. The van der Waals surface area contributed by atoms with Crippen molar-refractivity contribution in [2.24, 2.45) is 7.05 Å². The third-order valence-corrected chi connectivity index (χ3v) is 4.11. The molecule has 0 aliphatic carbocycles. The van der Waals surface area contributed by atoms with Crippen molar-refractivity contribution in [3.8, 4) is 0 Å². The molecule has 0 saturated heterocycles. The standard InChI is InChI=1S/C15H20N2O2S/c1-17-10-9-16-14(17)8-11-20-13-6-4-12(5-7-13)15(18-2)19-3/h4-7,9-10,15H,8,11H2,1-3H3. The highest BCUT2D eigenvalue weighted by Crippen LogP contribution is 2.23. The molecule has 1 aromatic heterocycles. The average molecular weight is 292 g/mol. The van der Waals surface area contributed by atoms with Gasteiger partial charge in [0.1, 0.15) is 5.82 Å². The van der Waals surface area contributed by atoms with Crippen LogP contribution in [-0.2, 0) is 22.9 Å². The number of methoxy groups -OCH3 is 2. The van der Waals surface area contributed by atoms with E-state index in [4.69, 9.17) is 9.47 Å². The van der Waals surface area contributed by atoms with E-state index < -0.39 is 0 Å². The van der Waals surface area contributed by atoms with Crippen molar-refractivity contribution < 1.29 is 9.47 Å².